The lowest BCUT2D eigenvalue weighted by Crippen LogP contribution is -2.74. The van der Waals surface area contributed by atoms with E-state index in [-0.39, 0.29) is 65.2 Å². The molecule has 0 radical (unpaired) electrons. The number of methoxy groups -OCH3 is 1. The topological polar surface area (TPSA) is 157 Å². The smallest absolute Gasteiger partial charge is 0.367 e. The predicted octanol–water partition coefficient (Wildman–Crippen LogP) is 9.87. The lowest BCUT2D eigenvalue weighted by Gasteiger charge is -2.55. The first-order valence-corrected chi connectivity index (χ1v) is 27.4. The van der Waals surface area contributed by atoms with Gasteiger partial charge in [-0.15, -0.1) is 0 Å². The molecule has 2 unspecified atom stereocenters. The highest BCUT2D eigenvalue weighted by Crippen LogP contribution is 2.45. The largest absolute Gasteiger partial charge is 0.497 e. The van der Waals surface area contributed by atoms with Gasteiger partial charge in [0.25, 0.3) is 5.79 Å². The Morgan fingerprint density at radius 1 is 0.568 bits per heavy atom. The van der Waals surface area contributed by atoms with Crippen LogP contribution in [0.25, 0.3) is 0 Å². The van der Waals surface area contributed by atoms with Crippen molar-refractivity contribution in [3.63, 3.8) is 0 Å². The summed E-state index contributed by atoms with van der Waals surface area (Å²) in [6.07, 6.45) is -9.80. The molecule has 422 valence electrons. The number of hydrogen-bond acceptors (Lipinski definition) is 14. The van der Waals surface area contributed by atoms with Gasteiger partial charge >= 0.3 is 5.97 Å². The van der Waals surface area contributed by atoms with Crippen LogP contribution >= 0.6 is 0 Å². The Morgan fingerprint density at radius 2 is 1.05 bits per heavy atom. The molecule has 0 bridgehead atoms. The molecule has 7 aromatic rings. The number of esters is 1. The monoisotopic (exact) mass is 1100 g/mol. The summed E-state index contributed by atoms with van der Waals surface area (Å²) >= 11 is 0. The van der Waals surface area contributed by atoms with Gasteiger partial charge in [0, 0.05) is 13.3 Å². The second-order valence-electron chi connectivity index (χ2n) is 20.2. The van der Waals surface area contributed by atoms with E-state index in [1.807, 2.05) is 182 Å². The number of nitrogens with one attached hydrogen (secondary N) is 1. The van der Waals surface area contributed by atoms with Crippen molar-refractivity contribution >= 4 is 11.9 Å². The van der Waals surface area contributed by atoms with Crippen molar-refractivity contribution in [1.82, 2.24) is 5.32 Å². The average Bonchev–Trinajstić information content (AvgIpc) is 3.65. The molecule has 15 nitrogen and oxygen atoms in total. The maximum atomic E-state index is 15.6. The molecule has 3 aliphatic heterocycles. The van der Waals surface area contributed by atoms with E-state index in [9.17, 15) is 4.79 Å². The van der Waals surface area contributed by atoms with Gasteiger partial charge < -0.3 is 62.2 Å². The van der Waals surface area contributed by atoms with Gasteiger partial charge in [0.05, 0.1) is 72.1 Å². The number of carbonyl (C=O) groups excluding carboxylic acids is 2. The molecule has 1 N–H and O–H groups in total. The van der Waals surface area contributed by atoms with Crippen LogP contribution in [0.3, 0.4) is 0 Å². The third-order valence-corrected chi connectivity index (χ3v) is 14.4. The molecular weight excluding hydrogens is 1030 g/mol. The van der Waals surface area contributed by atoms with E-state index in [0.717, 1.165) is 33.4 Å². The Bertz CT molecular complexity index is 2980. The zero-order chi connectivity index (χ0) is 55.6. The second kappa shape index (κ2) is 28.4. The molecule has 7 aromatic carbocycles. The average molecular weight is 1100 g/mol. The maximum Gasteiger partial charge on any atom is 0.367 e. The minimum absolute atomic E-state index is 0.00809. The van der Waals surface area contributed by atoms with Gasteiger partial charge in [0.1, 0.15) is 42.0 Å². The number of rotatable bonds is 26. The van der Waals surface area contributed by atoms with E-state index in [2.05, 4.69) is 5.32 Å². The summed E-state index contributed by atoms with van der Waals surface area (Å²) < 4.78 is 81.1. The van der Waals surface area contributed by atoms with Gasteiger partial charge in [-0.1, -0.05) is 182 Å². The molecule has 3 saturated heterocycles. The summed E-state index contributed by atoms with van der Waals surface area (Å²) in [6.45, 7) is 2.37. The molecule has 15 heteroatoms. The fraction of sp³-hybridized carbons (Fsp3) is 0.333. The van der Waals surface area contributed by atoms with Crippen molar-refractivity contribution in [2.45, 2.75) is 120 Å². The summed E-state index contributed by atoms with van der Waals surface area (Å²) in [6, 6.07) is 64.5. The third-order valence-electron chi connectivity index (χ3n) is 14.4. The van der Waals surface area contributed by atoms with Crippen molar-refractivity contribution in [2.75, 3.05) is 20.3 Å². The fourth-order valence-corrected chi connectivity index (χ4v) is 10.3. The third kappa shape index (κ3) is 15.4. The summed E-state index contributed by atoms with van der Waals surface area (Å²) in [5, 5.41) is 3.17. The summed E-state index contributed by atoms with van der Waals surface area (Å²) in [5.74, 6) is -2.36. The summed E-state index contributed by atoms with van der Waals surface area (Å²) in [4.78, 5) is 29.3. The van der Waals surface area contributed by atoms with Crippen molar-refractivity contribution in [2.24, 2.45) is 0 Å². The Kier molecular flexibility index (Phi) is 20.0. The van der Waals surface area contributed by atoms with Crippen LogP contribution in [0.5, 0.6) is 11.5 Å². The van der Waals surface area contributed by atoms with Crippen LogP contribution in [0.2, 0.25) is 0 Å². The van der Waals surface area contributed by atoms with Crippen LogP contribution < -0.4 is 14.8 Å². The number of ether oxygens (including phenoxy) is 12. The van der Waals surface area contributed by atoms with Crippen molar-refractivity contribution < 1.29 is 66.4 Å². The molecule has 3 heterocycles. The Hall–Kier alpha value is -7.28. The van der Waals surface area contributed by atoms with Crippen LogP contribution in [-0.2, 0) is 96.6 Å². The Balaban J connectivity index is 1.06. The number of hydrogen-bond donors (Lipinski definition) is 1. The number of carbonyl (C=O) groups is 2. The summed E-state index contributed by atoms with van der Waals surface area (Å²) in [7, 11) is 1.59. The standard InChI is InChI=1S/C66H69NO14/c1-46(68)67-58-55(73-40-49-25-13-5-14-26-49)37-66(80-61(58)59(75-42-51-29-17-7-18-30-51)56(74-41-50-27-15-6-16-28-50)44-71-38-47-21-9-3-10-22-47)65(69)79-60-57(45-72-39-48-23-11-4-12-24-48)78-64(77-54-35-33-53(70-2)34-36-54)63(62(60)81-66)76-43-52-31-19-8-20-32-52/h3-36,55-64H,37-45H2,1-2H3,(H,67,68)/t55-,56+,57+,58+,59+,60?,61+,62?,63+,64+,66-/m0/s1. The van der Waals surface area contributed by atoms with E-state index in [4.69, 9.17) is 56.8 Å². The molecule has 3 fully saturated rings. The first kappa shape index (κ1) is 57.0. The van der Waals surface area contributed by atoms with Crippen molar-refractivity contribution in [1.29, 1.82) is 0 Å². The predicted molar refractivity (Wildman–Crippen MR) is 299 cm³/mol. The molecule has 0 aromatic heterocycles. The number of amides is 1. The van der Waals surface area contributed by atoms with Crippen LogP contribution in [0.4, 0.5) is 0 Å². The van der Waals surface area contributed by atoms with Gasteiger partial charge in [-0.25, -0.2) is 4.79 Å². The molecule has 10 rings (SSSR count). The van der Waals surface area contributed by atoms with E-state index in [1.165, 1.54) is 6.92 Å². The quantitative estimate of drug-likeness (QED) is 0.0511. The first-order chi connectivity index (χ1) is 39.8. The summed E-state index contributed by atoms with van der Waals surface area (Å²) in [5.41, 5.74) is 5.36. The first-order valence-electron chi connectivity index (χ1n) is 27.4. The minimum atomic E-state index is -2.23. The van der Waals surface area contributed by atoms with E-state index in [1.54, 1.807) is 31.4 Å². The normalized spacial score (nSPS) is 24.0. The zero-order valence-electron chi connectivity index (χ0n) is 45.5. The molecule has 11 atom stereocenters. The van der Waals surface area contributed by atoms with Crippen LogP contribution in [0.15, 0.2) is 206 Å². The van der Waals surface area contributed by atoms with Gasteiger partial charge in [-0.05, 0) is 57.6 Å². The maximum absolute atomic E-state index is 15.6. The molecule has 0 saturated carbocycles. The van der Waals surface area contributed by atoms with Crippen molar-refractivity contribution in [3.05, 3.63) is 240 Å². The second-order valence-corrected chi connectivity index (χ2v) is 20.2. The van der Waals surface area contributed by atoms with Crippen molar-refractivity contribution in [3.8, 4) is 11.5 Å². The van der Waals surface area contributed by atoms with E-state index < -0.39 is 72.9 Å². The Labute approximate surface area is 473 Å². The molecule has 1 spiro atoms. The molecule has 1 amide bonds. The van der Waals surface area contributed by atoms with Crippen LogP contribution in [0, 0.1) is 0 Å². The molecule has 81 heavy (non-hydrogen) atoms. The highest BCUT2D eigenvalue weighted by molar-refractivity contribution is 5.79. The van der Waals surface area contributed by atoms with E-state index >= 15 is 4.79 Å². The number of benzene rings is 7. The Morgan fingerprint density at radius 3 is 1.58 bits per heavy atom. The fourth-order valence-electron chi connectivity index (χ4n) is 10.3. The van der Waals surface area contributed by atoms with Crippen LogP contribution in [-0.4, -0.2) is 99.2 Å². The molecular formula is C66H69NO14. The van der Waals surface area contributed by atoms with Gasteiger partial charge in [-0.2, -0.15) is 0 Å². The lowest BCUT2D eigenvalue weighted by molar-refractivity contribution is -0.396. The van der Waals surface area contributed by atoms with Gasteiger partial charge in [-0.3, -0.25) is 4.79 Å². The lowest BCUT2D eigenvalue weighted by atomic mass is 9.86. The highest BCUT2D eigenvalue weighted by atomic mass is 16.8. The SMILES string of the molecule is COc1ccc(O[C@@H]2O[C@H](COCc3ccccc3)C3OC(=O)[C@]4(C[C@H](OCc5ccccc5)[C@@H](NC(C)=O)[C@H]([C@H](OCc5ccccc5)[C@@H](COCc5ccccc5)OCc5ccccc5)O4)OC3[C@H]2OCc2ccccc2)cc1. The van der Waals surface area contributed by atoms with Crippen LogP contribution in [0.1, 0.15) is 46.7 Å². The molecule has 0 aliphatic carbocycles. The van der Waals surface area contributed by atoms with E-state index in [0.29, 0.717) is 11.5 Å². The number of fused-ring (bicyclic) bond motifs is 1. The highest BCUT2D eigenvalue weighted by Gasteiger charge is 2.65. The zero-order valence-corrected chi connectivity index (χ0v) is 45.5. The van der Waals surface area contributed by atoms with Gasteiger partial charge in [0.2, 0.25) is 12.2 Å². The minimum Gasteiger partial charge on any atom is -0.497 e. The molecule has 3 aliphatic rings. The van der Waals surface area contributed by atoms with Gasteiger partial charge in [0.15, 0.2) is 12.2 Å².